The quantitative estimate of drug-likeness (QED) is 0.926. The van der Waals surface area contributed by atoms with E-state index < -0.39 is 0 Å². The molecule has 4 nitrogen and oxygen atoms in total. The second-order valence-corrected chi connectivity index (χ2v) is 6.94. The molecule has 0 aromatic carbocycles. The van der Waals surface area contributed by atoms with E-state index in [-0.39, 0.29) is 11.3 Å². The van der Waals surface area contributed by atoms with Crippen LogP contribution in [0.2, 0.25) is 0 Å². The van der Waals surface area contributed by atoms with Crippen LogP contribution < -0.4 is 10.2 Å². The van der Waals surface area contributed by atoms with Gasteiger partial charge in [0.25, 0.3) is 0 Å². The third-order valence-corrected chi connectivity index (χ3v) is 4.23. The van der Waals surface area contributed by atoms with Crippen molar-refractivity contribution in [3.05, 3.63) is 11.1 Å². The van der Waals surface area contributed by atoms with Crippen molar-refractivity contribution in [1.29, 1.82) is 0 Å². The Kier molecular flexibility index (Phi) is 4.45. The van der Waals surface area contributed by atoms with Gasteiger partial charge in [0, 0.05) is 23.9 Å². The SMILES string of the molecule is CC(C)(C)C(=O)NCc1csc(N2CCCCC2)n1. The molecule has 106 valence electrons. The number of carbonyl (C=O) groups excluding carboxylic acids is 1. The van der Waals surface area contributed by atoms with Crippen LogP contribution in [0.1, 0.15) is 45.7 Å². The summed E-state index contributed by atoms with van der Waals surface area (Å²) in [6.45, 7) is 8.51. The van der Waals surface area contributed by atoms with Crippen molar-refractivity contribution in [3.8, 4) is 0 Å². The molecule has 1 aromatic heterocycles. The Balaban J connectivity index is 1.89. The molecule has 2 heterocycles. The molecule has 0 radical (unpaired) electrons. The van der Waals surface area contributed by atoms with Crippen LogP contribution in [0.15, 0.2) is 5.38 Å². The van der Waals surface area contributed by atoms with Gasteiger partial charge < -0.3 is 10.2 Å². The van der Waals surface area contributed by atoms with Crippen LogP contribution in [0.25, 0.3) is 0 Å². The highest BCUT2D eigenvalue weighted by Crippen LogP contribution is 2.24. The van der Waals surface area contributed by atoms with E-state index in [1.54, 1.807) is 11.3 Å². The topological polar surface area (TPSA) is 45.2 Å². The molecule has 19 heavy (non-hydrogen) atoms. The summed E-state index contributed by atoms with van der Waals surface area (Å²) in [4.78, 5) is 18.8. The van der Waals surface area contributed by atoms with Crippen LogP contribution in [0.3, 0.4) is 0 Å². The number of hydrogen-bond donors (Lipinski definition) is 1. The smallest absolute Gasteiger partial charge is 0.225 e. The summed E-state index contributed by atoms with van der Waals surface area (Å²) < 4.78 is 0. The molecule has 1 amide bonds. The number of anilines is 1. The van der Waals surface area contributed by atoms with Crippen molar-refractivity contribution >= 4 is 22.4 Å². The van der Waals surface area contributed by atoms with Gasteiger partial charge in [-0.1, -0.05) is 20.8 Å². The molecule has 0 saturated carbocycles. The zero-order valence-corrected chi connectivity index (χ0v) is 12.8. The molecule has 1 saturated heterocycles. The molecular weight excluding hydrogens is 258 g/mol. The highest BCUT2D eigenvalue weighted by atomic mass is 32.1. The highest BCUT2D eigenvalue weighted by Gasteiger charge is 2.21. The Hall–Kier alpha value is -1.10. The van der Waals surface area contributed by atoms with Crippen molar-refractivity contribution in [2.75, 3.05) is 18.0 Å². The van der Waals surface area contributed by atoms with Gasteiger partial charge in [0.15, 0.2) is 5.13 Å². The molecule has 0 atom stereocenters. The number of amides is 1. The van der Waals surface area contributed by atoms with Gasteiger partial charge >= 0.3 is 0 Å². The lowest BCUT2D eigenvalue weighted by Crippen LogP contribution is -2.34. The predicted octanol–water partition coefficient (Wildman–Crippen LogP) is 2.80. The molecule has 2 rings (SSSR count). The van der Waals surface area contributed by atoms with Crippen molar-refractivity contribution < 1.29 is 4.79 Å². The van der Waals surface area contributed by atoms with Crippen LogP contribution in [0, 0.1) is 5.41 Å². The van der Waals surface area contributed by atoms with E-state index in [1.807, 2.05) is 26.2 Å². The van der Waals surface area contributed by atoms with Crippen LogP contribution >= 0.6 is 11.3 Å². The van der Waals surface area contributed by atoms with E-state index in [0.29, 0.717) is 6.54 Å². The fourth-order valence-electron chi connectivity index (χ4n) is 2.04. The summed E-state index contributed by atoms with van der Waals surface area (Å²) in [7, 11) is 0. The van der Waals surface area contributed by atoms with E-state index in [1.165, 1.54) is 19.3 Å². The fraction of sp³-hybridized carbons (Fsp3) is 0.714. The van der Waals surface area contributed by atoms with Gasteiger partial charge in [0.1, 0.15) is 0 Å². The number of hydrogen-bond acceptors (Lipinski definition) is 4. The number of thiazole rings is 1. The van der Waals surface area contributed by atoms with Gasteiger partial charge in [-0.2, -0.15) is 0 Å². The first-order chi connectivity index (χ1) is 8.97. The highest BCUT2D eigenvalue weighted by molar-refractivity contribution is 7.13. The summed E-state index contributed by atoms with van der Waals surface area (Å²) in [5.74, 6) is 0.0695. The van der Waals surface area contributed by atoms with Gasteiger partial charge in [0.05, 0.1) is 12.2 Å². The summed E-state index contributed by atoms with van der Waals surface area (Å²) in [6, 6.07) is 0. The van der Waals surface area contributed by atoms with Crippen LogP contribution in [-0.4, -0.2) is 24.0 Å². The maximum absolute atomic E-state index is 11.8. The molecule has 5 heteroatoms. The Morgan fingerprint density at radius 2 is 2.05 bits per heavy atom. The van der Waals surface area contributed by atoms with Crippen LogP contribution in [0.5, 0.6) is 0 Å². The average Bonchev–Trinajstić information content (AvgIpc) is 2.84. The number of carbonyl (C=O) groups is 1. The summed E-state index contributed by atoms with van der Waals surface area (Å²) in [6.07, 6.45) is 3.85. The maximum Gasteiger partial charge on any atom is 0.225 e. The number of nitrogens with one attached hydrogen (secondary N) is 1. The number of piperidine rings is 1. The second-order valence-electron chi connectivity index (χ2n) is 6.10. The molecule has 1 aliphatic heterocycles. The molecule has 0 unspecified atom stereocenters. The fourth-order valence-corrected chi connectivity index (χ4v) is 2.92. The van der Waals surface area contributed by atoms with E-state index in [9.17, 15) is 4.79 Å². The maximum atomic E-state index is 11.8. The Labute approximate surface area is 119 Å². The monoisotopic (exact) mass is 281 g/mol. The van der Waals surface area contributed by atoms with E-state index in [4.69, 9.17) is 0 Å². The standard InChI is InChI=1S/C14H23N3OS/c1-14(2,3)12(18)15-9-11-10-19-13(16-11)17-7-5-4-6-8-17/h10H,4-9H2,1-3H3,(H,15,18). The number of nitrogens with zero attached hydrogens (tertiary/aromatic N) is 2. The molecule has 1 fully saturated rings. The first-order valence-corrected chi connectivity index (χ1v) is 7.82. The largest absolute Gasteiger partial charge is 0.350 e. The van der Waals surface area contributed by atoms with Crippen molar-refractivity contribution in [1.82, 2.24) is 10.3 Å². The number of rotatable bonds is 3. The summed E-state index contributed by atoms with van der Waals surface area (Å²) in [5.41, 5.74) is 0.620. The summed E-state index contributed by atoms with van der Waals surface area (Å²) >= 11 is 1.68. The van der Waals surface area contributed by atoms with E-state index in [0.717, 1.165) is 23.9 Å². The van der Waals surface area contributed by atoms with Crippen molar-refractivity contribution in [2.45, 2.75) is 46.6 Å². The molecule has 1 aliphatic rings. The third-order valence-electron chi connectivity index (χ3n) is 3.28. The Morgan fingerprint density at radius 3 is 2.68 bits per heavy atom. The molecule has 0 bridgehead atoms. The third kappa shape index (κ3) is 3.93. The minimum Gasteiger partial charge on any atom is -0.350 e. The molecule has 0 aliphatic carbocycles. The van der Waals surface area contributed by atoms with E-state index in [2.05, 4.69) is 15.2 Å². The molecule has 1 aromatic rings. The molecule has 1 N–H and O–H groups in total. The lowest BCUT2D eigenvalue weighted by Gasteiger charge is -2.25. The van der Waals surface area contributed by atoms with Crippen LogP contribution in [0.4, 0.5) is 5.13 Å². The van der Waals surface area contributed by atoms with Gasteiger partial charge in [-0.3, -0.25) is 4.79 Å². The van der Waals surface area contributed by atoms with Gasteiger partial charge in [-0.05, 0) is 19.3 Å². The minimum atomic E-state index is -0.342. The Bertz CT molecular complexity index is 430. The van der Waals surface area contributed by atoms with Gasteiger partial charge in [0.2, 0.25) is 5.91 Å². The second kappa shape index (κ2) is 5.90. The summed E-state index contributed by atoms with van der Waals surface area (Å²) in [5, 5.41) is 6.09. The molecule has 0 spiro atoms. The first kappa shape index (κ1) is 14.3. The Morgan fingerprint density at radius 1 is 1.37 bits per heavy atom. The van der Waals surface area contributed by atoms with Crippen LogP contribution in [-0.2, 0) is 11.3 Å². The lowest BCUT2D eigenvalue weighted by molar-refractivity contribution is -0.128. The molecular formula is C14H23N3OS. The number of aromatic nitrogens is 1. The van der Waals surface area contributed by atoms with Gasteiger partial charge in [-0.25, -0.2) is 4.98 Å². The van der Waals surface area contributed by atoms with Gasteiger partial charge in [-0.15, -0.1) is 11.3 Å². The average molecular weight is 281 g/mol. The van der Waals surface area contributed by atoms with E-state index >= 15 is 0 Å². The first-order valence-electron chi connectivity index (χ1n) is 6.94. The normalized spacial score (nSPS) is 16.5. The van der Waals surface area contributed by atoms with Crippen molar-refractivity contribution in [3.63, 3.8) is 0 Å². The zero-order valence-electron chi connectivity index (χ0n) is 12.0. The lowest BCUT2D eigenvalue weighted by atomic mass is 9.96. The minimum absolute atomic E-state index is 0.0695. The predicted molar refractivity (Wildman–Crippen MR) is 79.5 cm³/mol. The van der Waals surface area contributed by atoms with Crippen molar-refractivity contribution in [2.24, 2.45) is 5.41 Å². The zero-order chi connectivity index (χ0) is 13.9.